The van der Waals surface area contributed by atoms with E-state index in [0.29, 0.717) is 18.1 Å². The Bertz CT molecular complexity index is 402. The first-order chi connectivity index (χ1) is 9.29. The van der Waals surface area contributed by atoms with Crippen molar-refractivity contribution in [2.75, 3.05) is 25.1 Å². The molecule has 2 rings (SSSR count). The Morgan fingerprint density at radius 2 is 2.37 bits per heavy atom. The van der Waals surface area contributed by atoms with Crippen LogP contribution in [0.3, 0.4) is 0 Å². The maximum atomic E-state index is 11.9. The largest absolute Gasteiger partial charge is 0.379 e. The van der Waals surface area contributed by atoms with Crippen molar-refractivity contribution in [3.8, 4) is 0 Å². The number of ether oxygens (including phenoxy) is 1. The zero-order chi connectivity index (χ0) is 13.5. The number of amides is 1. The van der Waals surface area contributed by atoms with Crippen molar-refractivity contribution in [1.29, 1.82) is 0 Å². The number of hydrogen-bond acceptors (Lipinski definition) is 5. The monoisotopic (exact) mass is 264 g/mol. The highest BCUT2D eigenvalue weighted by atomic mass is 16.5. The number of nitrogens with one attached hydrogen (secondary N) is 2. The Morgan fingerprint density at radius 1 is 1.47 bits per heavy atom. The van der Waals surface area contributed by atoms with Crippen molar-refractivity contribution in [3.05, 3.63) is 18.1 Å². The summed E-state index contributed by atoms with van der Waals surface area (Å²) in [6.45, 7) is 4.29. The molecule has 2 N–H and O–H groups in total. The summed E-state index contributed by atoms with van der Waals surface area (Å²) in [6, 6.07) is 0.0842. The molecule has 0 aliphatic carbocycles. The van der Waals surface area contributed by atoms with Gasteiger partial charge in [0.1, 0.15) is 11.5 Å². The number of anilines is 1. The summed E-state index contributed by atoms with van der Waals surface area (Å²) in [5.41, 5.74) is 0.340. The van der Waals surface area contributed by atoms with Crippen LogP contribution in [-0.2, 0) is 4.74 Å². The lowest BCUT2D eigenvalue weighted by atomic mass is 10.1. The van der Waals surface area contributed by atoms with Crippen LogP contribution in [0.2, 0.25) is 0 Å². The topological polar surface area (TPSA) is 76.1 Å². The van der Waals surface area contributed by atoms with Gasteiger partial charge in [0.05, 0.1) is 25.0 Å². The third-order valence-corrected chi connectivity index (χ3v) is 2.94. The van der Waals surface area contributed by atoms with E-state index in [1.165, 1.54) is 6.20 Å². The lowest BCUT2D eigenvalue weighted by Crippen LogP contribution is -2.40. The van der Waals surface area contributed by atoms with Gasteiger partial charge in [-0.3, -0.25) is 4.79 Å². The molecule has 1 aliphatic rings. The first-order valence-corrected chi connectivity index (χ1v) is 6.74. The molecule has 6 heteroatoms. The third kappa shape index (κ3) is 4.17. The van der Waals surface area contributed by atoms with Gasteiger partial charge in [0.15, 0.2) is 0 Å². The predicted molar refractivity (Wildman–Crippen MR) is 72.1 cm³/mol. The average molecular weight is 264 g/mol. The van der Waals surface area contributed by atoms with Crippen LogP contribution in [0.25, 0.3) is 0 Å². The SMILES string of the molecule is CCCNc1cnc(C(=O)NC2CCCOC2)cn1. The fourth-order valence-corrected chi connectivity index (χ4v) is 1.90. The molecular formula is C13H20N4O2. The van der Waals surface area contributed by atoms with Gasteiger partial charge in [0, 0.05) is 13.2 Å². The summed E-state index contributed by atoms with van der Waals surface area (Å²) in [5.74, 6) is 0.504. The smallest absolute Gasteiger partial charge is 0.271 e. The van der Waals surface area contributed by atoms with Gasteiger partial charge < -0.3 is 15.4 Å². The lowest BCUT2D eigenvalue weighted by Gasteiger charge is -2.22. The molecule has 2 heterocycles. The van der Waals surface area contributed by atoms with Gasteiger partial charge >= 0.3 is 0 Å². The highest BCUT2D eigenvalue weighted by Crippen LogP contribution is 2.07. The van der Waals surface area contributed by atoms with Gasteiger partial charge in [-0.05, 0) is 19.3 Å². The van der Waals surface area contributed by atoms with E-state index in [1.54, 1.807) is 6.20 Å². The van der Waals surface area contributed by atoms with Gasteiger partial charge in [0.25, 0.3) is 5.91 Å². The Balaban J connectivity index is 1.87. The highest BCUT2D eigenvalue weighted by molar-refractivity contribution is 5.92. The van der Waals surface area contributed by atoms with E-state index in [2.05, 4.69) is 27.5 Å². The van der Waals surface area contributed by atoms with E-state index in [4.69, 9.17) is 4.74 Å². The van der Waals surface area contributed by atoms with Gasteiger partial charge in [-0.2, -0.15) is 0 Å². The number of nitrogens with zero attached hydrogens (tertiary/aromatic N) is 2. The Hall–Kier alpha value is -1.69. The Kier molecular flexibility index (Phi) is 5.09. The molecule has 0 saturated carbocycles. The van der Waals surface area contributed by atoms with Crippen LogP contribution in [0.5, 0.6) is 0 Å². The molecule has 1 unspecified atom stereocenters. The number of hydrogen-bond donors (Lipinski definition) is 2. The van der Waals surface area contributed by atoms with Crippen LogP contribution >= 0.6 is 0 Å². The minimum atomic E-state index is -0.190. The summed E-state index contributed by atoms with van der Waals surface area (Å²) < 4.78 is 5.32. The molecule has 0 bridgehead atoms. The molecule has 1 aliphatic heterocycles. The molecule has 1 saturated heterocycles. The number of aromatic nitrogens is 2. The fraction of sp³-hybridized carbons (Fsp3) is 0.615. The molecule has 1 fully saturated rings. The van der Waals surface area contributed by atoms with Crippen molar-refractivity contribution < 1.29 is 9.53 Å². The van der Waals surface area contributed by atoms with E-state index in [1.807, 2.05) is 0 Å². The molecule has 0 aromatic carbocycles. The van der Waals surface area contributed by atoms with E-state index in [9.17, 15) is 4.79 Å². The van der Waals surface area contributed by atoms with Crippen molar-refractivity contribution in [1.82, 2.24) is 15.3 Å². The molecule has 19 heavy (non-hydrogen) atoms. The minimum absolute atomic E-state index is 0.0842. The quantitative estimate of drug-likeness (QED) is 0.836. The fourth-order valence-electron chi connectivity index (χ4n) is 1.90. The van der Waals surface area contributed by atoms with Gasteiger partial charge in [-0.15, -0.1) is 0 Å². The molecular weight excluding hydrogens is 244 g/mol. The number of carbonyl (C=O) groups is 1. The van der Waals surface area contributed by atoms with Gasteiger partial charge in [0.2, 0.25) is 0 Å². The van der Waals surface area contributed by atoms with Crippen LogP contribution in [0, 0.1) is 0 Å². The average Bonchev–Trinajstić information content (AvgIpc) is 2.46. The first kappa shape index (κ1) is 13.7. The minimum Gasteiger partial charge on any atom is -0.379 e. The summed E-state index contributed by atoms with van der Waals surface area (Å²) >= 11 is 0. The third-order valence-electron chi connectivity index (χ3n) is 2.94. The van der Waals surface area contributed by atoms with Crippen molar-refractivity contribution in [2.24, 2.45) is 0 Å². The molecule has 6 nitrogen and oxygen atoms in total. The standard InChI is InChI=1S/C13H20N4O2/c1-2-5-14-12-8-15-11(7-16-12)13(18)17-10-4-3-6-19-9-10/h7-8,10H,2-6,9H2,1H3,(H,14,16)(H,17,18). The lowest BCUT2D eigenvalue weighted by molar-refractivity contribution is 0.0622. The van der Waals surface area contributed by atoms with E-state index in [0.717, 1.165) is 32.4 Å². The van der Waals surface area contributed by atoms with Crippen LogP contribution in [0.4, 0.5) is 5.82 Å². The predicted octanol–water partition coefficient (Wildman–Crippen LogP) is 1.21. The van der Waals surface area contributed by atoms with E-state index in [-0.39, 0.29) is 11.9 Å². The molecule has 1 atom stereocenters. The number of rotatable bonds is 5. The van der Waals surface area contributed by atoms with Crippen LogP contribution < -0.4 is 10.6 Å². The van der Waals surface area contributed by atoms with Crippen molar-refractivity contribution >= 4 is 11.7 Å². The second-order valence-electron chi connectivity index (χ2n) is 4.60. The zero-order valence-corrected chi connectivity index (χ0v) is 11.2. The number of carbonyl (C=O) groups excluding carboxylic acids is 1. The molecule has 1 aromatic heterocycles. The van der Waals surface area contributed by atoms with E-state index < -0.39 is 0 Å². The first-order valence-electron chi connectivity index (χ1n) is 6.74. The summed E-state index contributed by atoms with van der Waals surface area (Å²) in [5, 5.41) is 6.03. The van der Waals surface area contributed by atoms with Gasteiger partial charge in [-0.1, -0.05) is 6.92 Å². The zero-order valence-electron chi connectivity index (χ0n) is 11.2. The van der Waals surface area contributed by atoms with Gasteiger partial charge in [-0.25, -0.2) is 9.97 Å². The molecule has 104 valence electrons. The normalized spacial score (nSPS) is 18.9. The van der Waals surface area contributed by atoms with Crippen LogP contribution in [0.1, 0.15) is 36.7 Å². The molecule has 0 spiro atoms. The highest BCUT2D eigenvalue weighted by Gasteiger charge is 2.17. The second-order valence-corrected chi connectivity index (χ2v) is 4.60. The molecule has 1 aromatic rings. The van der Waals surface area contributed by atoms with E-state index >= 15 is 0 Å². The Labute approximate surface area is 113 Å². The van der Waals surface area contributed by atoms with Crippen LogP contribution in [0.15, 0.2) is 12.4 Å². The summed E-state index contributed by atoms with van der Waals surface area (Å²) in [6.07, 6.45) is 6.04. The maximum Gasteiger partial charge on any atom is 0.271 e. The van der Waals surface area contributed by atoms with Crippen molar-refractivity contribution in [3.63, 3.8) is 0 Å². The summed E-state index contributed by atoms with van der Waals surface area (Å²) in [4.78, 5) is 20.2. The maximum absolute atomic E-state index is 11.9. The molecule has 1 amide bonds. The second kappa shape index (κ2) is 7.04. The van der Waals surface area contributed by atoms with Crippen molar-refractivity contribution in [2.45, 2.75) is 32.2 Å². The summed E-state index contributed by atoms with van der Waals surface area (Å²) in [7, 11) is 0. The molecule has 0 radical (unpaired) electrons. The van der Waals surface area contributed by atoms with Crippen LogP contribution in [-0.4, -0.2) is 41.7 Å². The Morgan fingerprint density at radius 3 is 3.00 bits per heavy atom.